The van der Waals surface area contributed by atoms with E-state index in [0.29, 0.717) is 32.7 Å². The van der Waals surface area contributed by atoms with Crippen molar-refractivity contribution < 1.29 is 33.3 Å². The van der Waals surface area contributed by atoms with Crippen molar-refractivity contribution in [2.45, 2.75) is 117 Å². The Morgan fingerprint density at radius 3 is 2.30 bits per heavy atom. The molecule has 0 aromatic carbocycles. The van der Waals surface area contributed by atoms with Gasteiger partial charge in [0.05, 0.1) is 12.1 Å². The number of methoxy groups -OCH3 is 1. The van der Waals surface area contributed by atoms with E-state index in [1.165, 1.54) is 0 Å². The van der Waals surface area contributed by atoms with Crippen LogP contribution in [0.1, 0.15) is 81.1 Å². The highest BCUT2D eigenvalue weighted by atomic mass is 19.3. The molecule has 276 valence electrons. The maximum absolute atomic E-state index is 14.0. The highest BCUT2D eigenvalue weighted by Crippen LogP contribution is 2.33. The van der Waals surface area contributed by atoms with Crippen molar-refractivity contribution in [1.82, 2.24) is 25.3 Å². The van der Waals surface area contributed by atoms with Crippen LogP contribution >= 0.6 is 0 Å². The van der Waals surface area contributed by atoms with Gasteiger partial charge in [0.2, 0.25) is 0 Å². The number of ether oxygens (including phenoxy) is 2. The zero-order valence-electron chi connectivity index (χ0n) is 30.8. The number of hydrogen-bond donors (Lipinski definition) is 4. The fourth-order valence-electron chi connectivity index (χ4n) is 6.26. The van der Waals surface area contributed by atoms with Gasteiger partial charge in [-0.25, -0.2) is 13.6 Å². The van der Waals surface area contributed by atoms with Crippen LogP contribution in [0.3, 0.4) is 0 Å². The molecule has 47 heavy (non-hydrogen) atoms. The number of rotatable bonds is 16. The first-order valence-electron chi connectivity index (χ1n) is 17.4. The largest absolute Gasteiger partial charge is 0.444 e. The van der Waals surface area contributed by atoms with Gasteiger partial charge in [-0.15, -0.1) is 0 Å². The van der Waals surface area contributed by atoms with Crippen LogP contribution in [-0.2, 0) is 9.47 Å². The number of piperidine rings is 2. The van der Waals surface area contributed by atoms with Gasteiger partial charge in [-0.3, -0.25) is 14.8 Å². The predicted octanol–water partition coefficient (Wildman–Crippen LogP) is 3.84. The summed E-state index contributed by atoms with van der Waals surface area (Å²) < 4.78 is 39.0. The van der Waals surface area contributed by atoms with Crippen molar-refractivity contribution in [2.24, 2.45) is 28.2 Å². The van der Waals surface area contributed by atoms with Crippen LogP contribution in [0.25, 0.3) is 0 Å². The topological polar surface area (TPSA) is 122 Å². The second-order valence-corrected chi connectivity index (χ2v) is 16.0. The molecule has 0 aliphatic carbocycles. The third-order valence-corrected chi connectivity index (χ3v) is 8.60. The fraction of sp³-hybridized carbons (Fsp3) is 0.941. The lowest BCUT2D eigenvalue weighted by Gasteiger charge is -2.49. The Hall–Kier alpha value is -1.48. The Balaban J connectivity index is 2.47. The highest BCUT2D eigenvalue weighted by molar-refractivity contribution is 5.68. The molecule has 2 saturated heterocycles. The van der Waals surface area contributed by atoms with Crippen molar-refractivity contribution in [3.05, 3.63) is 0 Å². The zero-order valence-corrected chi connectivity index (χ0v) is 30.8. The molecular formula is C34H66F2N6O5. The minimum Gasteiger partial charge on any atom is -0.444 e. The van der Waals surface area contributed by atoms with Crippen LogP contribution in [0.2, 0.25) is 0 Å². The summed E-state index contributed by atoms with van der Waals surface area (Å²) >= 11 is 0. The molecule has 13 heteroatoms. The van der Waals surface area contributed by atoms with Crippen LogP contribution in [0.15, 0.2) is 4.99 Å². The van der Waals surface area contributed by atoms with Crippen LogP contribution in [-0.4, -0.2) is 140 Å². The van der Waals surface area contributed by atoms with E-state index in [4.69, 9.17) is 14.5 Å². The first-order chi connectivity index (χ1) is 21.8. The molecule has 2 rings (SSSR count). The number of aliphatic imine (C=N–C) groups is 1. The third-order valence-electron chi connectivity index (χ3n) is 8.60. The predicted molar refractivity (Wildman–Crippen MR) is 183 cm³/mol. The van der Waals surface area contributed by atoms with Gasteiger partial charge in [-0.05, 0) is 58.5 Å². The van der Waals surface area contributed by atoms with Gasteiger partial charge >= 0.3 is 6.09 Å². The van der Waals surface area contributed by atoms with Crippen molar-refractivity contribution in [3.8, 4) is 0 Å². The fourth-order valence-corrected chi connectivity index (χ4v) is 6.26. The summed E-state index contributed by atoms with van der Waals surface area (Å²) in [5.41, 5.74) is -0.763. The first kappa shape index (κ1) is 41.7. The van der Waals surface area contributed by atoms with Gasteiger partial charge in [0, 0.05) is 84.0 Å². The molecule has 2 aliphatic rings. The molecule has 6 atom stereocenters. The molecule has 2 heterocycles. The van der Waals surface area contributed by atoms with Crippen molar-refractivity contribution in [3.63, 3.8) is 0 Å². The molecule has 1 amide bonds. The average molecular weight is 677 g/mol. The lowest BCUT2D eigenvalue weighted by Crippen LogP contribution is -2.63. The van der Waals surface area contributed by atoms with E-state index in [9.17, 15) is 23.8 Å². The van der Waals surface area contributed by atoms with E-state index in [2.05, 4.69) is 45.3 Å². The summed E-state index contributed by atoms with van der Waals surface area (Å²) in [7, 11) is 3.51. The van der Waals surface area contributed by atoms with Gasteiger partial charge in [-0.2, -0.15) is 0 Å². The number of hydrogen-bond acceptors (Lipinski definition) is 10. The van der Waals surface area contributed by atoms with E-state index in [1.54, 1.807) is 37.7 Å². The molecule has 0 aromatic rings. The average Bonchev–Trinajstić information content (AvgIpc) is 2.96. The molecule has 2 aliphatic heterocycles. The molecule has 0 aromatic heterocycles. The molecule has 2 fully saturated rings. The Labute approximate surface area is 282 Å². The van der Waals surface area contributed by atoms with Crippen molar-refractivity contribution >= 4 is 12.3 Å². The molecule has 4 unspecified atom stereocenters. The lowest BCUT2D eigenvalue weighted by molar-refractivity contribution is -0.133. The minimum absolute atomic E-state index is 0.0380. The second-order valence-electron chi connectivity index (χ2n) is 16.0. The normalized spacial score (nSPS) is 24.1. The highest BCUT2D eigenvalue weighted by Gasteiger charge is 2.44. The molecule has 0 radical (unpaired) electrons. The summed E-state index contributed by atoms with van der Waals surface area (Å²) in [6.07, 6.45) is -0.364. The number of nitrogens with zero attached hydrogens (tertiary/aromatic N) is 4. The Kier molecular flexibility index (Phi) is 16.4. The molecular weight excluding hydrogens is 610 g/mol. The quantitative estimate of drug-likeness (QED) is 0.110. The lowest BCUT2D eigenvalue weighted by atomic mass is 9.88. The molecule has 0 bridgehead atoms. The van der Waals surface area contributed by atoms with Gasteiger partial charge in [0.1, 0.15) is 18.1 Å². The van der Waals surface area contributed by atoms with Crippen molar-refractivity contribution in [1.29, 1.82) is 0 Å². The summed E-state index contributed by atoms with van der Waals surface area (Å²) in [6.45, 7) is 19.0. The van der Waals surface area contributed by atoms with Crippen LogP contribution in [0, 0.1) is 23.2 Å². The van der Waals surface area contributed by atoms with E-state index in [0.717, 1.165) is 6.42 Å². The standard InChI is InChI=1S/C34H66F2N6O5/c1-24(2)20-42(30(44)27(19-38-23-32(3,4)5)28(37-9)39-14-11-17-46-10)26-18-25(21-41(22-26)31(45)47-33(6,7)8)29(43)40-15-12-34(35,36)13-16-40/h19,24-30,37,39,43-44H,11-18,20-23H2,1-10H3/t25-,26+,27?,28?,29?,30?/m1/s1. The first-order valence-corrected chi connectivity index (χ1v) is 17.4. The third kappa shape index (κ3) is 14.5. The second kappa shape index (κ2) is 18.5. The molecule has 11 nitrogen and oxygen atoms in total. The Morgan fingerprint density at radius 1 is 1.13 bits per heavy atom. The Bertz CT molecular complexity index is 950. The minimum atomic E-state index is -2.74. The number of halogens is 2. The van der Waals surface area contributed by atoms with E-state index in [1.807, 2.05) is 18.2 Å². The smallest absolute Gasteiger partial charge is 0.410 e. The van der Waals surface area contributed by atoms with Crippen molar-refractivity contribution in [2.75, 3.05) is 66.6 Å². The number of aliphatic hydroxyl groups is 2. The summed E-state index contributed by atoms with van der Waals surface area (Å²) in [5, 5.41) is 30.7. The summed E-state index contributed by atoms with van der Waals surface area (Å²) in [6, 6.07) is -0.343. The molecule has 0 spiro atoms. The molecule has 0 saturated carbocycles. The Morgan fingerprint density at radius 2 is 1.77 bits per heavy atom. The number of alkyl halides is 2. The van der Waals surface area contributed by atoms with E-state index < -0.39 is 41.9 Å². The van der Waals surface area contributed by atoms with E-state index in [-0.39, 0.29) is 62.6 Å². The van der Waals surface area contributed by atoms with Gasteiger partial charge < -0.3 is 35.2 Å². The number of carbonyl (C=O) groups excluding carboxylic acids is 1. The maximum Gasteiger partial charge on any atom is 0.410 e. The monoisotopic (exact) mass is 677 g/mol. The number of amides is 1. The number of nitrogens with one attached hydrogen (secondary N) is 2. The number of aliphatic hydroxyl groups excluding tert-OH is 2. The SMILES string of the molecule is CNC(NCCCOC)C(C=NCC(C)(C)C)C(O)N(CC(C)C)[C@H]1C[C@@H](C(O)N2CCC(F)(F)CC2)CN(C(=O)OC(C)(C)C)C1. The summed E-state index contributed by atoms with van der Waals surface area (Å²) in [4.78, 5) is 23.6. The number of carbonyl (C=O) groups is 1. The van der Waals surface area contributed by atoms with Crippen LogP contribution in [0.5, 0.6) is 0 Å². The van der Waals surface area contributed by atoms with Gasteiger partial charge in [0.25, 0.3) is 5.92 Å². The number of likely N-dealkylation sites (tertiary alicyclic amines) is 2. The maximum atomic E-state index is 14.0. The molecule has 4 N–H and O–H groups in total. The van der Waals surface area contributed by atoms with Crippen LogP contribution in [0.4, 0.5) is 13.6 Å². The van der Waals surface area contributed by atoms with Crippen LogP contribution < -0.4 is 10.6 Å². The van der Waals surface area contributed by atoms with E-state index >= 15 is 0 Å². The van der Waals surface area contributed by atoms with Gasteiger partial charge in [0.15, 0.2) is 0 Å². The zero-order chi connectivity index (χ0) is 35.6. The summed E-state index contributed by atoms with van der Waals surface area (Å²) in [5.74, 6) is -3.47. The van der Waals surface area contributed by atoms with Gasteiger partial charge in [-0.1, -0.05) is 34.6 Å².